The van der Waals surface area contributed by atoms with Crippen molar-refractivity contribution in [1.82, 2.24) is 20.0 Å². The molecule has 2 aromatic heterocycles. The zero-order valence-corrected chi connectivity index (χ0v) is 18.1. The van der Waals surface area contributed by atoms with E-state index in [-0.39, 0.29) is 11.3 Å². The van der Waals surface area contributed by atoms with Crippen LogP contribution in [0.5, 0.6) is 0 Å². The SMILES string of the molecule is COCCC1(c2noc(-c3cccnc3)n2)CCN(C(=O)Cc2ccccc2C)CC1. The molecule has 7 nitrogen and oxygen atoms in total. The van der Waals surface area contributed by atoms with Crippen molar-refractivity contribution in [1.29, 1.82) is 0 Å². The molecule has 1 aliphatic rings. The number of hydrogen-bond acceptors (Lipinski definition) is 6. The van der Waals surface area contributed by atoms with Crippen molar-refractivity contribution in [3.63, 3.8) is 0 Å². The highest BCUT2D eigenvalue weighted by atomic mass is 16.5. The summed E-state index contributed by atoms with van der Waals surface area (Å²) in [6.45, 7) is 4.00. The molecule has 0 bridgehead atoms. The average molecular weight is 421 g/mol. The molecule has 7 heteroatoms. The van der Waals surface area contributed by atoms with Crippen LogP contribution in [0.25, 0.3) is 11.5 Å². The minimum Gasteiger partial charge on any atom is -0.385 e. The van der Waals surface area contributed by atoms with E-state index in [1.807, 2.05) is 48.2 Å². The van der Waals surface area contributed by atoms with Gasteiger partial charge in [-0.2, -0.15) is 4.98 Å². The first kappa shape index (κ1) is 21.2. The highest BCUT2D eigenvalue weighted by Gasteiger charge is 2.41. The molecule has 4 rings (SSSR count). The predicted molar refractivity (Wildman–Crippen MR) is 116 cm³/mol. The normalized spacial score (nSPS) is 15.7. The Morgan fingerprint density at radius 1 is 1.19 bits per heavy atom. The van der Waals surface area contributed by atoms with Gasteiger partial charge < -0.3 is 14.2 Å². The van der Waals surface area contributed by atoms with Crippen LogP contribution in [0.15, 0.2) is 53.3 Å². The quantitative estimate of drug-likeness (QED) is 0.581. The third-order valence-electron chi connectivity index (χ3n) is 6.27. The number of ether oxygens (including phenoxy) is 1. The number of aryl methyl sites for hydroxylation is 1. The van der Waals surface area contributed by atoms with Gasteiger partial charge in [0.1, 0.15) is 0 Å². The lowest BCUT2D eigenvalue weighted by Crippen LogP contribution is -2.46. The van der Waals surface area contributed by atoms with E-state index in [0.717, 1.165) is 36.0 Å². The summed E-state index contributed by atoms with van der Waals surface area (Å²) < 4.78 is 10.9. The van der Waals surface area contributed by atoms with E-state index in [1.165, 1.54) is 0 Å². The van der Waals surface area contributed by atoms with Gasteiger partial charge in [-0.3, -0.25) is 9.78 Å². The van der Waals surface area contributed by atoms with E-state index in [0.29, 0.717) is 37.8 Å². The van der Waals surface area contributed by atoms with Crippen LogP contribution >= 0.6 is 0 Å². The van der Waals surface area contributed by atoms with Gasteiger partial charge in [-0.1, -0.05) is 29.4 Å². The maximum atomic E-state index is 12.9. The Hall–Kier alpha value is -3.06. The van der Waals surface area contributed by atoms with E-state index in [1.54, 1.807) is 19.5 Å². The summed E-state index contributed by atoms with van der Waals surface area (Å²) >= 11 is 0. The molecule has 0 spiro atoms. The summed E-state index contributed by atoms with van der Waals surface area (Å²) in [6, 6.07) is 11.8. The Bertz CT molecular complexity index is 1010. The third kappa shape index (κ3) is 4.66. The largest absolute Gasteiger partial charge is 0.385 e. The van der Waals surface area contributed by atoms with Gasteiger partial charge in [0, 0.05) is 44.6 Å². The van der Waals surface area contributed by atoms with Gasteiger partial charge >= 0.3 is 0 Å². The number of rotatable bonds is 7. The van der Waals surface area contributed by atoms with Crippen LogP contribution in [0.2, 0.25) is 0 Å². The number of carbonyl (C=O) groups is 1. The van der Waals surface area contributed by atoms with E-state index in [2.05, 4.69) is 10.1 Å². The Morgan fingerprint density at radius 3 is 2.71 bits per heavy atom. The van der Waals surface area contributed by atoms with E-state index in [9.17, 15) is 4.79 Å². The number of methoxy groups -OCH3 is 1. The van der Waals surface area contributed by atoms with Gasteiger partial charge in [0.25, 0.3) is 5.89 Å². The van der Waals surface area contributed by atoms with Gasteiger partial charge in [-0.15, -0.1) is 0 Å². The van der Waals surface area contributed by atoms with E-state index in [4.69, 9.17) is 14.2 Å². The Kier molecular flexibility index (Phi) is 6.42. The van der Waals surface area contributed by atoms with Crippen molar-refractivity contribution in [2.24, 2.45) is 0 Å². The molecule has 0 atom stereocenters. The molecule has 1 aliphatic heterocycles. The molecule has 31 heavy (non-hydrogen) atoms. The van der Waals surface area contributed by atoms with Crippen LogP contribution in [-0.4, -0.2) is 52.7 Å². The minimum atomic E-state index is -0.264. The van der Waals surface area contributed by atoms with E-state index >= 15 is 0 Å². The monoisotopic (exact) mass is 420 g/mol. The fourth-order valence-corrected chi connectivity index (χ4v) is 4.20. The number of benzene rings is 1. The summed E-state index contributed by atoms with van der Waals surface area (Å²) in [7, 11) is 1.70. The van der Waals surface area contributed by atoms with Gasteiger partial charge in [0.2, 0.25) is 5.91 Å². The highest BCUT2D eigenvalue weighted by molar-refractivity contribution is 5.79. The number of carbonyl (C=O) groups excluding carboxylic acids is 1. The van der Waals surface area contributed by atoms with Crippen molar-refractivity contribution >= 4 is 5.91 Å². The second-order valence-electron chi connectivity index (χ2n) is 8.17. The predicted octanol–water partition coefficient (Wildman–Crippen LogP) is 3.58. The van der Waals surface area contributed by atoms with Crippen LogP contribution < -0.4 is 0 Å². The van der Waals surface area contributed by atoms with Crippen LogP contribution in [0.1, 0.15) is 36.2 Å². The molecule has 1 amide bonds. The first-order valence-electron chi connectivity index (χ1n) is 10.7. The zero-order chi connectivity index (χ0) is 21.7. The molecular formula is C24H28N4O3. The van der Waals surface area contributed by atoms with Crippen LogP contribution in [0.4, 0.5) is 0 Å². The lowest BCUT2D eigenvalue weighted by Gasteiger charge is -2.40. The number of aromatic nitrogens is 3. The van der Waals surface area contributed by atoms with Crippen LogP contribution in [0.3, 0.4) is 0 Å². The van der Waals surface area contributed by atoms with Gasteiger partial charge in [-0.05, 0) is 49.4 Å². The molecule has 3 heterocycles. The first-order valence-corrected chi connectivity index (χ1v) is 10.7. The highest BCUT2D eigenvalue weighted by Crippen LogP contribution is 2.38. The van der Waals surface area contributed by atoms with Crippen molar-refractivity contribution in [3.8, 4) is 11.5 Å². The number of pyridine rings is 1. The maximum Gasteiger partial charge on any atom is 0.259 e. The topological polar surface area (TPSA) is 81.3 Å². The van der Waals surface area contributed by atoms with Crippen LogP contribution in [0, 0.1) is 6.92 Å². The fraction of sp³-hybridized carbons (Fsp3) is 0.417. The number of amides is 1. The number of nitrogens with zero attached hydrogens (tertiary/aromatic N) is 4. The molecule has 0 aliphatic carbocycles. The molecule has 0 N–H and O–H groups in total. The Balaban J connectivity index is 1.48. The first-order chi connectivity index (χ1) is 15.1. The molecule has 1 aromatic carbocycles. The fourth-order valence-electron chi connectivity index (χ4n) is 4.20. The van der Waals surface area contributed by atoms with Gasteiger partial charge in [0.15, 0.2) is 5.82 Å². The molecule has 1 saturated heterocycles. The summed E-state index contributed by atoms with van der Waals surface area (Å²) in [5.74, 6) is 1.33. The van der Waals surface area contributed by atoms with Crippen LogP contribution in [-0.2, 0) is 21.4 Å². The number of hydrogen-bond donors (Lipinski definition) is 0. The lowest BCUT2D eigenvalue weighted by atomic mass is 9.75. The Morgan fingerprint density at radius 2 is 2.00 bits per heavy atom. The molecule has 3 aromatic rings. The average Bonchev–Trinajstić information content (AvgIpc) is 3.31. The van der Waals surface area contributed by atoms with Crippen molar-refractivity contribution < 1.29 is 14.1 Å². The lowest BCUT2D eigenvalue weighted by molar-refractivity contribution is -0.132. The number of likely N-dealkylation sites (tertiary alicyclic amines) is 1. The standard InChI is InChI=1S/C24H28N4O3/c1-18-6-3-4-7-19(18)16-21(29)28-13-9-24(10-14-28,11-15-30-2)23-26-22(31-27-23)20-8-5-12-25-17-20/h3-8,12,17H,9-11,13-16H2,1-2H3. The molecular weight excluding hydrogens is 392 g/mol. The summed E-state index contributed by atoms with van der Waals surface area (Å²) in [5.41, 5.74) is 2.77. The smallest absolute Gasteiger partial charge is 0.259 e. The Labute approximate surface area is 182 Å². The third-order valence-corrected chi connectivity index (χ3v) is 6.27. The zero-order valence-electron chi connectivity index (χ0n) is 18.1. The maximum absolute atomic E-state index is 12.9. The van der Waals surface area contributed by atoms with Crippen molar-refractivity contribution in [3.05, 3.63) is 65.7 Å². The summed E-state index contributed by atoms with van der Waals surface area (Å²) in [4.78, 5) is 23.7. The molecule has 0 saturated carbocycles. The molecule has 0 radical (unpaired) electrons. The van der Waals surface area contributed by atoms with Gasteiger partial charge in [-0.25, -0.2) is 0 Å². The molecule has 1 fully saturated rings. The van der Waals surface area contributed by atoms with Crippen molar-refractivity contribution in [2.75, 3.05) is 26.8 Å². The number of piperidine rings is 1. The van der Waals surface area contributed by atoms with E-state index < -0.39 is 0 Å². The molecule has 162 valence electrons. The minimum absolute atomic E-state index is 0.166. The molecule has 0 unspecified atom stereocenters. The summed E-state index contributed by atoms with van der Waals surface area (Å²) in [5, 5.41) is 4.32. The van der Waals surface area contributed by atoms with Gasteiger partial charge in [0.05, 0.1) is 12.0 Å². The summed E-state index contributed by atoms with van der Waals surface area (Å²) in [6.07, 6.45) is 6.21. The van der Waals surface area contributed by atoms with Crippen molar-refractivity contribution in [2.45, 2.75) is 38.0 Å². The second-order valence-corrected chi connectivity index (χ2v) is 8.17. The second kappa shape index (κ2) is 9.39.